The van der Waals surface area contributed by atoms with Crippen molar-refractivity contribution in [2.24, 2.45) is 16.6 Å². The lowest BCUT2D eigenvalue weighted by Gasteiger charge is -2.28. The van der Waals surface area contributed by atoms with Gasteiger partial charge in [0.2, 0.25) is 0 Å². The summed E-state index contributed by atoms with van der Waals surface area (Å²) in [6.07, 6.45) is 5.98. The van der Waals surface area contributed by atoms with Crippen LogP contribution < -0.4 is 16.6 Å². The molecule has 3 rings (SSSR count). The number of thiophene rings is 1. The Kier molecular flexibility index (Phi) is 12.5. The lowest BCUT2D eigenvalue weighted by molar-refractivity contribution is 0.619. The maximum absolute atomic E-state index is 6.27. The number of fused-ring (bicyclic) bond motifs is 1. The standard InChI is InChI=1S/C15H16ClN5S2.C4H8.C3H6S/c1-20(2)13-11-6-7-22-15(11)21(18)14(19-13)12(17)23-10-5-3-4-9(16)8-10;2*1-3-4-2/h3-8H,17-18H2,1-2H3;3-4H,1-2H3;3H,1H2,2H3/b14-12+;4-3-;. The summed E-state index contributed by atoms with van der Waals surface area (Å²) in [6, 6.07) is 9.52. The third-order valence-corrected chi connectivity index (χ3v) is 6.08. The van der Waals surface area contributed by atoms with Gasteiger partial charge in [0, 0.05) is 24.0 Å². The van der Waals surface area contributed by atoms with E-state index in [1.165, 1.54) is 11.8 Å². The number of hydrogen-bond acceptors (Lipinski definition) is 8. The molecule has 1 aromatic carbocycles. The van der Waals surface area contributed by atoms with Gasteiger partial charge < -0.3 is 10.6 Å². The van der Waals surface area contributed by atoms with Crippen molar-refractivity contribution in [3.63, 3.8) is 0 Å². The van der Waals surface area contributed by atoms with Gasteiger partial charge in [-0.25, -0.2) is 15.8 Å². The second-order valence-electron chi connectivity index (χ2n) is 6.16. The number of thioether (sulfide) groups is 2. The van der Waals surface area contributed by atoms with E-state index in [9.17, 15) is 0 Å². The van der Waals surface area contributed by atoms with E-state index in [1.807, 2.05) is 87.0 Å². The first kappa shape index (κ1) is 27.2. The normalized spacial score (nSPS) is 13.9. The maximum atomic E-state index is 6.27. The topological polar surface area (TPSA) is 70.9 Å². The molecule has 0 bridgehead atoms. The molecule has 0 amide bonds. The Labute approximate surface area is 203 Å². The molecule has 1 aliphatic rings. The van der Waals surface area contributed by atoms with Crippen LogP contribution >= 0.6 is 46.5 Å². The summed E-state index contributed by atoms with van der Waals surface area (Å²) < 4.78 is 0. The van der Waals surface area contributed by atoms with Crippen LogP contribution in [0, 0.1) is 0 Å². The molecule has 0 spiro atoms. The van der Waals surface area contributed by atoms with E-state index in [2.05, 4.69) is 11.6 Å². The third-order valence-electron chi connectivity index (χ3n) is 3.71. The van der Waals surface area contributed by atoms with Gasteiger partial charge in [-0.05, 0) is 55.2 Å². The van der Waals surface area contributed by atoms with E-state index in [4.69, 9.17) is 23.2 Å². The average molecular weight is 496 g/mol. The van der Waals surface area contributed by atoms with Crippen molar-refractivity contribution in [3.8, 4) is 0 Å². The molecule has 2 heterocycles. The fraction of sp³-hybridized carbons (Fsp3) is 0.227. The fourth-order valence-corrected chi connectivity index (χ4v) is 4.08. The average Bonchev–Trinajstić information content (AvgIpc) is 3.24. The van der Waals surface area contributed by atoms with E-state index in [1.54, 1.807) is 33.5 Å². The minimum atomic E-state index is 0.521. The molecule has 0 radical (unpaired) electrons. The van der Waals surface area contributed by atoms with Crippen LogP contribution in [0.15, 0.2) is 80.6 Å². The van der Waals surface area contributed by atoms with E-state index in [0.717, 1.165) is 21.3 Å². The Balaban J connectivity index is 0.000000519. The first-order valence-electron chi connectivity index (χ1n) is 9.33. The quantitative estimate of drug-likeness (QED) is 0.293. The van der Waals surface area contributed by atoms with Gasteiger partial charge in [-0.2, -0.15) is 0 Å². The lowest BCUT2D eigenvalue weighted by atomic mass is 10.2. The van der Waals surface area contributed by atoms with Crippen LogP contribution in [0.25, 0.3) is 0 Å². The van der Waals surface area contributed by atoms with E-state index < -0.39 is 0 Å². The van der Waals surface area contributed by atoms with Gasteiger partial charge in [-0.3, -0.25) is 0 Å². The largest absolute Gasteiger partial charge is 0.390 e. The highest BCUT2D eigenvalue weighted by molar-refractivity contribution is 8.03. The molecular weight excluding hydrogens is 466 g/mol. The number of halogens is 1. The molecule has 1 aliphatic heterocycles. The molecule has 0 atom stereocenters. The number of amidine groups is 1. The molecule has 0 saturated carbocycles. The van der Waals surface area contributed by atoms with Crippen molar-refractivity contribution in [2.75, 3.05) is 25.4 Å². The number of rotatable bonds is 3. The fourth-order valence-electron chi connectivity index (χ4n) is 2.19. The van der Waals surface area contributed by atoms with Crippen LogP contribution in [0.2, 0.25) is 5.02 Å². The summed E-state index contributed by atoms with van der Waals surface area (Å²) >= 11 is 10.6. The molecule has 0 fully saturated rings. The summed E-state index contributed by atoms with van der Waals surface area (Å²) in [5, 5.41) is 7.44. The predicted molar refractivity (Wildman–Crippen MR) is 144 cm³/mol. The third kappa shape index (κ3) is 8.31. The predicted octanol–water partition coefficient (Wildman–Crippen LogP) is 6.36. The van der Waals surface area contributed by atoms with Crippen LogP contribution in [0.3, 0.4) is 0 Å². The Bertz CT molecular complexity index is 931. The van der Waals surface area contributed by atoms with Gasteiger partial charge in [0.05, 0.1) is 5.56 Å². The van der Waals surface area contributed by atoms with Crippen molar-refractivity contribution in [2.45, 2.75) is 18.7 Å². The van der Waals surface area contributed by atoms with Crippen LogP contribution in [0.1, 0.15) is 19.4 Å². The highest BCUT2D eigenvalue weighted by atomic mass is 35.5. The number of hydrazine groups is 1. The minimum Gasteiger partial charge on any atom is -0.390 e. The number of hydrogen-bond donors (Lipinski definition) is 2. The summed E-state index contributed by atoms with van der Waals surface area (Å²) in [7, 11) is 3.90. The highest BCUT2D eigenvalue weighted by Gasteiger charge is 2.26. The van der Waals surface area contributed by atoms with Gasteiger partial charge in [0.25, 0.3) is 0 Å². The number of allylic oxidation sites excluding steroid dienone is 2. The van der Waals surface area contributed by atoms with Crippen LogP contribution in [-0.4, -0.2) is 31.1 Å². The van der Waals surface area contributed by atoms with Crippen molar-refractivity contribution in [1.82, 2.24) is 4.90 Å². The molecule has 0 unspecified atom stereocenters. The highest BCUT2D eigenvalue weighted by Crippen LogP contribution is 2.37. The number of anilines is 1. The molecule has 9 heteroatoms. The zero-order valence-electron chi connectivity index (χ0n) is 18.5. The number of aliphatic imine (C=N–C) groups is 1. The maximum Gasteiger partial charge on any atom is 0.180 e. The molecule has 1 aromatic heterocycles. The Morgan fingerprint density at radius 3 is 2.42 bits per heavy atom. The van der Waals surface area contributed by atoms with Crippen molar-refractivity contribution >= 4 is 57.3 Å². The van der Waals surface area contributed by atoms with Crippen molar-refractivity contribution in [3.05, 3.63) is 81.3 Å². The minimum absolute atomic E-state index is 0.521. The summed E-state index contributed by atoms with van der Waals surface area (Å²) in [4.78, 5) is 7.54. The number of nitrogens with zero attached hydrogens (tertiary/aromatic N) is 3. The van der Waals surface area contributed by atoms with Gasteiger partial charge in [0.1, 0.15) is 15.9 Å². The lowest BCUT2D eigenvalue weighted by Crippen LogP contribution is -2.38. The monoisotopic (exact) mass is 495 g/mol. The molecule has 0 aliphatic carbocycles. The van der Waals surface area contributed by atoms with Gasteiger partial charge in [-0.15, -0.1) is 23.1 Å². The SMILES string of the molecule is C/C=C\C.C=CSC.CN(C)C1=N/C(=C(/N)Sc2cccc(Cl)c2)N(N)c2sccc21. The summed E-state index contributed by atoms with van der Waals surface area (Å²) in [5.74, 6) is 7.60. The van der Waals surface area contributed by atoms with Gasteiger partial charge >= 0.3 is 0 Å². The Morgan fingerprint density at radius 2 is 1.90 bits per heavy atom. The second kappa shape index (κ2) is 14.3. The molecule has 31 heavy (non-hydrogen) atoms. The molecule has 0 saturated heterocycles. The Hall–Kier alpha value is -1.84. The van der Waals surface area contributed by atoms with E-state index in [0.29, 0.717) is 15.9 Å². The van der Waals surface area contributed by atoms with Gasteiger partial charge in [0.15, 0.2) is 5.82 Å². The first-order valence-corrected chi connectivity index (χ1v) is 12.7. The van der Waals surface area contributed by atoms with Crippen LogP contribution in [0.4, 0.5) is 5.00 Å². The number of nitrogens with two attached hydrogens (primary N) is 2. The molecule has 2 aromatic rings. The molecular formula is C22H30ClN5S3. The van der Waals surface area contributed by atoms with Crippen LogP contribution in [0.5, 0.6) is 0 Å². The first-order chi connectivity index (χ1) is 14.8. The van der Waals surface area contributed by atoms with Crippen molar-refractivity contribution in [1.29, 1.82) is 0 Å². The van der Waals surface area contributed by atoms with E-state index >= 15 is 0 Å². The van der Waals surface area contributed by atoms with E-state index in [-0.39, 0.29) is 0 Å². The van der Waals surface area contributed by atoms with Crippen LogP contribution in [-0.2, 0) is 0 Å². The summed E-state index contributed by atoms with van der Waals surface area (Å²) in [6.45, 7) is 7.44. The zero-order chi connectivity index (χ0) is 23.4. The second-order valence-corrected chi connectivity index (χ2v) is 9.41. The zero-order valence-corrected chi connectivity index (χ0v) is 21.7. The molecule has 5 nitrogen and oxygen atoms in total. The summed E-state index contributed by atoms with van der Waals surface area (Å²) in [5.41, 5.74) is 7.27. The molecule has 168 valence electrons. The molecule has 4 N–H and O–H groups in total. The number of benzene rings is 1. The van der Waals surface area contributed by atoms with Crippen molar-refractivity contribution < 1.29 is 0 Å². The smallest absolute Gasteiger partial charge is 0.180 e. The van der Waals surface area contributed by atoms with Gasteiger partial charge in [-0.1, -0.05) is 48.2 Å². The Morgan fingerprint density at radius 1 is 1.26 bits per heavy atom.